The standard InChI is InChI=1S/C24H25FO2/c1-14-11-19-20(24(5,6)10-9-23(19,3)4)13-18(14)15(2)16-7-8-17(22(26)27)21(25)12-16/h7-13H,2H2,1,3-6H3,(H,26,27). The van der Waals surface area contributed by atoms with Crippen LogP contribution in [0.25, 0.3) is 5.57 Å². The Morgan fingerprint density at radius 2 is 1.52 bits per heavy atom. The van der Waals surface area contributed by atoms with Crippen molar-refractivity contribution in [3.8, 4) is 0 Å². The molecule has 0 amide bonds. The Balaban J connectivity index is 2.13. The summed E-state index contributed by atoms with van der Waals surface area (Å²) < 4.78 is 14.1. The van der Waals surface area contributed by atoms with E-state index < -0.39 is 11.8 Å². The van der Waals surface area contributed by atoms with E-state index in [4.69, 9.17) is 5.11 Å². The van der Waals surface area contributed by atoms with Gasteiger partial charge in [0.15, 0.2) is 0 Å². The molecule has 1 aliphatic carbocycles. The van der Waals surface area contributed by atoms with Gasteiger partial charge < -0.3 is 5.11 Å². The van der Waals surface area contributed by atoms with Crippen molar-refractivity contribution in [3.05, 3.63) is 88.3 Å². The minimum absolute atomic E-state index is 0.0509. The van der Waals surface area contributed by atoms with E-state index in [0.717, 1.165) is 11.1 Å². The highest BCUT2D eigenvalue weighted by molar-refractivity contribution is 5.89. The highest BCUT2D eigenvalue weighted by atomic mass is 19.1. The van der Waals surface area contributed by atoms with E-state index in [1.807, 2.05) is 6.92 Å². The van der Waals surface area contributed by atoms with Crippen molar-refractivity contribution in [2.45, 2.75) is 45.4 Å². The second kappa shape index (κ2) is 6.19. The fraction of sp³-hybridized carbons (Fsp3) is 0.292. The average Bonchev–Trinajstić information content (AvgIpc) is 2.57. The molecule has 0 aromatic heterocycles. The predicted molar refractivity (Wildman–Crippen MR) is 108 cm³/mol. The van der Waals surface area contributed by atoms with Crippen LogP contribution in [-0.2, 0) is 10.8 Å². The Hall–Kier alpha value is -2.68. The number of carbonyl (C=O) groups is 1. The smallest absolute Gasteiger partial charge is 0.338 e. The maximum atomic E-state index is 14.1. The van der Waals surface area contributed by atoms with Gasteiger partial charge in [-0.3, -0.25) is 0 Å². The molecule has 1 aliphatic rings. The van der Waals surface area contributed by atoms with Crippen LogP contribution in [0.5, 0.6) is 0 Å². The Kier molecular flexibility index (Phi) is 4.38. The lowest BCUT2D eigenvalue weighted by Crippen LogP contribution is -2.29. The number of carboxylic acid groups (broad SMARTS) is 1. The Morgan fingerprint density at radius 3 is 2.04 bits per heavy atom. The molecule has 0 heterocycles. The van der Waals surface area contributed by atoms with Gasteiger partial charge in [0.2, 0.25) is 0 Å². The molecule has 3 rings (SSSR count). The first kappa shape index (κ1) is 19.1. The molecule has 2 aromatic rings. The average molecular weight is 364 g/mol. The molecule has 1 N–H and O–H groups in total. The van der Waals surface area contributed by atoms with Crippen LogP contribution in [0.3, 0.4) is 0 Å². The van der Waals surface area contributed by atoms with Gasteiger partial charge in [0.05, 0.1) is 5.56 Å². The van der Waals surface area contributed by atoms with Crippen molar-refractivity contribution in [1.29, 1.82) is 0 Å². The summed E-state index contributed by atoms with van der Waals surface area (Å²) in [6, 6.07) is 8.51. The van der Waals surface area contributed by atoms with Crippen LogP contribution in [0, 0.1) is 12.7 Å². The fourth-order valence-corrected chi connectivity index (χ4v) is 3.73. The molecule has 0 radical (unpaired) electrons. The second-order valence-corrected chi connectivity index (χ2v) is 8.47. The molecule has 0 aliphatic heterocycles. The fourth-order valence-electron chi connectivity index (χ4n) is 3.73. The zero-order valence-electron chi connectivity index (χ0n) is 16.5. The van der Waals surface area contributed by atoms with Gasteiger partial charge in [-0.05, 0) is 58.5 Å². The number of fused-ring (bicyclic) bond motifs is 1. The lowest BCUT2D eigenvalue weighted by molar-refractivity contribution is 0.0692. The number of hydrogen-bond acceptors (Lipinski definition) is 1. The van der Waals surface area contributed by atoms with Crippen molar-refractivity contribution in [2.75, 3.05) is 0 Å². The van der Waals surface area contributed by atoms with E-state index >= 15 is 0 Å². The molecule has 0 saturated carbocycles. The first-order valence-corrected chi connectivity index (χ1v) is 9.02. The Labute approximate surface area is 160 Å². The molecule has 0 saturated heterocycles. The number of benzene rings is 2. The summed E-state index contributed by atoms with van der Waals surface area (Å²) in [5.74, 6) is -2.02. The molecule has 2 nitrogen and oxygen atoms in total. The van der Waals surface area contributed by atoms with Crippen LogP contribution in [0.4, 0.5) is 4.39 Å². The molecule has 0 spiro atoms. The monoisotopic (exact) mass is 364 g/mol. The van der Waals surface area contributed by atoms with Gasteiger partial charge in [-0.1, -0.05) is 58.6 Å². The van der Waals surface area contributed by atoms with E-state index in [2.05, 4.69) is 58.6 Å². The highest BCUT2D eigenvalue weighted by Gasteiger charge is 2.33. The van der Waals surface area contributed by atoms with Gasteiger partial charge in [-0.15, -0.1) is 0 Å². The lowest BCUT2D eigenvalue weighted by atomic mass is 9.67. The van der Waals surface area contributed by atoms with Gasteiger partial charge >= 0.3 is 5.97 Å². The zero-order chi connectivity index (χ0) is 20.1. The molecule has 3 heteroatoms. The van der Waals surface area contributed by atoms with Crippen LogP contribution in [0.15, 0.2) is 49.1 Å². The third-order valence-electron chi connectivity index (χ3n) is 5.54. The summed E-state index contributed by atoms with van der Waals surface area (Å²) >= 11 is 0. The molecule has 140 valence electrons. The van der Waals surface area contributed by atoms with Crippen LogP contribution in [-0.4, -0.2) is 11.1 Å². The summed E-state index contributed by atoms with van der Waals surface area (Å²) in [5.41, 5.74) is 5.34. The molecule has 0 unspecified atom stereocenters. The minimum Gasteiger partial charge on any atom is -0.478 e. The van der Waals surface area contributed by atoms with Gasteiger partial charge in [0, 0.05) is 10.8 Å². The van der Waals surface area contributed by atoms with Crippen molar-refractivity contribution < 1.29 is 14.3 Å². The van der Waals surface area contributed by atoms with Gasteiger partial charge in [-0.2, -0.15) is 0 Å². The molecular weight excluding hydrogens is 339 g/mol. The molecule has 2 aromatic carbocycles. The van der Waals surface area contributed by atoms with E-state index in [-0.39, 0.29) is 16.4 Å². The Bertz CT molecular complexity index is 994. The largest absolute Gasteiger partial charge is 0.478 e. The number of aromatic carboxylic acids is 1. The third kappa shape index (κ3) is 3.23. The molecule has 0 atom stereocenters. The van der Waals surface area contributed by atoms with Crippen molar-refractivity contribution in [2.24, 2.45) is 0 Å². The molecular formula is C24H25FO2. The first-order chi connectivity index (χ1) is 12.4. The van der Waals surface area contributed by atoms with Crippen LogP contribution in [0.1, 0.15) is 65.9 Å². The maximum absolute atomic E-state index is 14.1. The summed E-state index contributed by atoms with van der Waals surface area (Å²) in [7, 11) is 0. The van der Waals surface area contributed by atoms with Crippen LogP contribution in [0.2, 0.25) is 0 Å². The topological polar surface area (TPSA) is 37.3 Å². The lowest BCUT2D eigenvalue weighted by Gasteiger charge is -2.37. The first-order valence-electron chi connectivity index (χ1n) is 9.02. The van der Waals surface area contributed by atoms with Crippen LogP contribution >= 0.6 is 0 Å². The summed E-state index contributed by atoms with van der Waals surface area (Å²) in [6.45, 7) is 15.0. The van der Waals surface area contributed by atoms with Gasteiger partial charge in [0.25, 0.3) is 0 Å². The van der Waals surface area contributed by atoms with Crippen molar-refractivity contribution in [3.63, 3.8) is 0 Å². The summed E-state index contributed by atoms with van der Waals surface area (Å²) in [6.07, 6.45) is 4.49. The van der Waals surface area contributed by atoms with E-state index in [1.165, 1.54) is 23.3 Å². The quantitative estimate of drug-likeness (QED) is 0.676. The third-order valence-corrected chi connectivity index (χ3v) is 5.54. The number of carboxylic acids is 1. The number of halogens is 1. The number of aryl methyl sites for hydroxylation is 1. The van der Waals surface area contributed by atoms with Gasteiger partial charge in [-0.25, -0.2) is 9.18 Å². The highest BCUT2D eigenvalue weighted by Crippen LogP contribution is 2.43. The Morgan fingerprint density at radius 1 is 0.963 bits per heavy atom. The van der Waals surface area contributed by atoms with Gasteiger partial charge in [0.1, 0.15) is 5.82 Å². The van der Waals surface area contributed by atoms with Crippen LogP contribution < -0.4 is 0 Å². The molecule has 27 heavy (non-hydrogen) atoms. The van der Waals surface area contributed by atoms with E-state index in [9.17, 15) is 9.18 Å². The van der Waals surface area contributed by atoms with Crippen molar-refractivity contribution >= 4 is 11.5 Å². The van der Waals surface area contributed by atoms with E-state index in [1.54, 1.807) is 6.07 Å². The zero-order valence-corrected chi connectivity index (χ0v) is 16.5. The van der Waals surface area contributed by atoms with Crippen molar-refractivity contribution in [1.82, 2.24) is 0 Å². The predicted octanol–water partition coefficient (Wildman–Crippen LogP) is 6.02. The molecule has 0 bridgehead atoms. The minimum atomic E-state index is -1.27. The second-order valence-electron chi connectivity index (χ2n) is 8.47. The number of allylic oxidation sites excluding steroid dienone is 2. The molecule has 0 fully saturated rings. The van der Waals surface area contributed by atoms with E-state index in [0.29, 0.717) is 11.1 Å². The summed E-state index contributed by atoms with van der Waals surface area (Å²) in [5, 5.41) is 9.03. The number of rotatable bonds is 3. The SMILES string of the molecule is C=C(c1ccc(C(=O)O)c(F)c1)c1cc2c(cc1C)C(C)(C)C=CC2(C)C. The number of hydrogen-bond donors (Lipinski definition) is 1. The maximum Gasteiger partial charge on any atom is 0.338 e. The summed E-state index contributed by atoms with van der Waals surface area (Å²) in [4.78, 5) is 11.1. The normalized spacial score (nSPS) is 16.7.